The number of rotatable bonds is 4. The Labute approximate surface area is 144 Å². The molecule has 3 rings (SSSR count). The van der Waals surface area contributed by atoms with Crippen LogP contribution in [-0.2, 0) is 19.1 Å². The molecular weight excluding hydrogens is 328 g/mol. The molecule has 8 nitrogen and oxygen atoms in total. The Balaban J connectivity index is 1.71. The number of amides is 2. The predicted octanol–water partition coefficient (Wildman–Crippen LogP) is 0.360. The van der Waals surface area contributed by atoms with Gasteiger partial charge in [-0.2, -0.15) is 0 Å². The first-order chi connectivity index (χ1) is 12.0. The molecule has 0 spiro atoms. The van der Waals surface area contributed by atoms with Gasteiger partial charge in [0.25, 0.3) is 0 Å². The van der Waals surface area contributed by atoms with Gasteiger partial charge in [0.1, 0.15) is 5.75 Å². The Morgan fingerprint density at radius 2 is 2.04 bits per heavy atom. The van der Waals surface area contributed by atoms with Gasteiger partial charge in [0, 0.05) is 19.5 Å². The molecule has 2 saturated heterocycles. The number of aliphatic carboxylic acids is 1. The molecule has 25 heavy (non-hydrogen) atoms. The van der Waals surface area contributed by atoms with E-state index in [1.807, 2.05) is 6.07 Å². The molecule has 0 saturated carbocycles. The Bertz CT molecular complexity index is 691. The monoisotopic (exact) mass is 348 g/mol. The van der Waals surface area contributed by atoms with E-state index < -0.39 is 18.0 Å². The average molecular weight is 348 g/mol. The maximum absolute atomic E-state index is 12.7. The van der Waals surface area contributed by atoms with Crippen LogP contribution in [0, 0.1) is 5.92 Å². The lowest BCUT2D eigenvalue weighted by atomic mass is 10.1. The highest BCUT2D eigenvalue weighted by Gasteiger charge is 2.40. The molecule has 1 aromatic carbocycles. The van der Waals surface area contributed by atoms with Crippen LogP contribution in [0.1, 0.15) is 6.42 Å². The standard InChI is InChI=1S/C17H20N2O6/c1-24-13-5-3-2-4-12(13)19-9-11(8-15(19)20)16(21)18-6-7-25-14(10-18)17(22)23/h2-5,11,14H,6-10H2,1H3,(H,22,23). The Kier molecular flexibility index (Phi) is 4.89. The summed E-state index contributed by atoms with van der Waals surface area (Å²) in [5.41, 5.74) is 0.635. The van der Waals surface area contributed by atoms with Crippen LogP contribution >= 0.6 is 0 Å². The van der Waals surface area contributed by atoms with Crippen molar-refractivity contribution in [3.8, 4) is 5.75 Å². The van der Waals surface area contributed by atoms with E-state index in [0.29, 0.717) is 18.0 Å². The first-order valence-corrected chi connectivity index (χ1v) is 8.08. The fraction of sp³-hybridized carbons (Fsp3) is 0.471. The van der Waals surface area contributed by atoms with E-state index >= 15 is 0 Å². The van der Waals surface area contributed by atoms with E-state index in [4.69, 9.17) is 14.6 Å². The highest BCUT2D eigenvalue weighted by molar-refractivity contribution is 6.01. The maximum Gasteiger partial charge on any atom is 0.334 e. The van der Waals surface area contributed by atoms with Gasteiger partial charge in [-0.1, -0.05) is 12.1 Å². The predicted molar refractivity (Wildman–Crippen MR) is 87.4 cm³/mol. The van der Waals surface area contributed by atoms with Crippen molar-refractivity contribution in [2.45, 2.75) is 12.5 Å². The second kappa shape index (κ2) is 7.10. The van der Waals surface area contributed by atoms with Gasteiger partial charge in [0.05, 0.1) is 31.9 Å². The van der Waals surface area contributed by atoms with Crippen LogP contribution in [0.15, 0.2) is 24.3 Å². The van der Waals surface area contributed by atoms with Crippen molar-refractivity contribution >= 4 is 23.5 Å². The maximum atomic E-state index is 12.7. The summed E-state index contributed by atoms with van der Waals surface area (Å²) in [6, 6.07) is 7.15. The lowest BCUT2D eigenvalue weighted by Crippen LogP contribution is -2.50. The summed E-state index contributed by atoms with van der Waals surface area (Å²) in [7, 11) is 1.53. The van der Waals surface area contributed by atoms with E-state index in [1.54, 1.807) is 23.1 Å². The van der Waals surface area contributed by atoms with E-state index in [1.165, 1.54) is 12.0 Å². The summed E-state index contributed by atoms with van der Waals surface area (Å²) in [5, 5.41) is 9.05. The molecule has 0 aliphatic carbocycles. The van der Waals surface area contributed by atoms with Gasteiger partial charge in [-0.25, -0.2) is 4.79 Å². The molecule has 2 amide bonds. The largest absolute Gasteiger partial charge is 0.495 e. The van der Waals surface area contributed by atoms with E-state index in [2.05, 4.69) is 0 Å². The topological polar surface area (TPSA) is 96.4 Å². The number of carbonyl (C=O) groups excluding carboxylic acids is 2. The third-order valence-electron chi connectivity index (χ3n) is 4.50. The number of carbonyl (C=O) groups is 3. The SMILES string of the molecule is COc1ccccc1N1CC(C(=O)N2CCOC(C(=O)O)C2)CC1=O. The number of hydrogen-bond donors (Lipinski definition) is 1. The number of ether oxygens (including phenoxy) is 2. The van der Waals surface area contributed by atoms with Crippen LogP contribution in [0.25, 0.3) is 0 Å². The first-order valence-electron chi connectivity index (χ1n) is 8.08. The molecule has 0 radical (unpaired) electrons. The molecule has 1 aromatic rings. The summed E-state index contributed by atoms with van der Waals surface area (Å²) >= 11 is 0. The minimum atomic E-state index is -1.09. The summed E-state index contributed by atoms with van der Waals surface area (Å²) in [6.07, 6.45) is -0.911. The van der Waals surface area contributed by atoms with Gasteiger partial charge in [-0.15, -0.1) is 0 Å². The molecule has 2 heterocycles. The molecule has 0 bridgehead atoms. The molecule has 2 atom stereocenters. The number of benzene rings is 1. The fourth-order valence-corrected chi connectivity index (χ4v) is 3.22. The highest BCUT2D eigenvalue weighted by atomic mass is 16.5. The summed E-state index contributed by atoms with van der Waals surface area (Å²) in [6.45, 7) is 0.780. The number of methoxy groups -OCH3 is 1. The Morgan fingerprint density at radius 1 is 1.28 bits per heavy atom. The van der Waals surface area contributed by atoms with Crippen molar-refractivity contribution in [3.05, 3.63) is 24.3 Å². The minimum absolute atomic E-state index is 0.00746. The van der Waals surface area contributed by atoms with Crippen molar-refractivity contribution in [1.29, 1.82) is 0 Å². The molecule has 8 heteroatoms. The fourth-order valence-electron chi connectivity index (χ4n) is 3.22. The number of carboxylic acid groups (broad SMARTS) is 1. The summed E-state index contributed by atoms with van der Waals surface area (Å²) in [5.74, 6) is -1.37. The number of para-hydroxylation sites is 2. The Morgan fingerprint density at radius 3 is 2.76 bits per heavy atom. The zero-order valence-corrected chi connectivity index (χ0v) is 13.9. The number of carboxylic acids is 1. The normalized spacial score (nSPS) is 23.6. The molecule has 2 fully saturated rings. The van der Waals surface area contributed by atoms with Crippen LogP contribution in [0.3, 0.4) is 0 Å². The smallest absolute Gasteiger partial charge is 0.334 e. The third-order valence-corrected chi connectivity index (χ3v) is 4.50. The van der Waals surface area contributed by atoms with Crippen molar-refractivity contribution in [2.24, 2.45) is 5.92 Å². The highest BCUT2D eigenvalue weighted by Crippen LogP contribution is 2.33. The van der Waals surface area contributed by atoms with E-state index in [0.717, 1.165) is 0 Å². The van der Waals surface area contributed by atoms with Gasteiger partial charge in [0.2, 0.25) is 11.8 Å². The van der Waals surface area contributed by atoms with Crippen LogP contribution in [0.2, 0.25) is 0 Å². The minimum Gasteiger partial charge on any atom is -0.495 e. The molecular formula is C17H20N2O6. The average Bonchev–Trinajstić information content (AvgIpc) is 3.02. The second-order valence-electron chi connectivity index (χ2n) is 6.06. The number of morpholine rings is 1. The van der Waals surface area contributed by atoms with Crippen molar-refractivity contribution in [3.63, 3.8) is 0 Å². The molecule has 134 valence electrons. The van der Waals surface area contributed by atoms with Crippen LogP contribution in [-0.4, -0.2) is 67.2 Å². The first kappa shape index (κ1) is 17.2. The number of anilines is 1. The lowest BCUT2D eigenvalue weighted by molar-refractivity contribution is -0.160. The van der Waals surface area contributed by atoms with Gasteiger partial charge in [0.15, 0.2) is 6.10 Å². The van der Waals surface area contributed by atoms with Gasteiger partial charge in [-0.05, 0) is 12.1 Å². The quantitative estimate of drug-likeness (QED) is 0.844. The lowest BCUT2D eigenvalue weighted by Gasteiger charge is -2.32. The molecule has 1 N–H and O–H groups in total. The summed E-state index contributed by atoms with van der Waals surface area (Å²) < 4.78 is 10.4. The van der Waals surface area contributed by atoms with Crippen LogP contribution < -0.4 is 9.64 Å². The van der Waals surface area contributed by atoms with Crippen molar-refractivity contribution < 1.29 is 29.0 Å². The van der Waals surface area contributed by atoms with Gasteiger partial charge < -0.3 is 24.4 Å². The van der Waals surface area contributed by atoms with Crippen LogP contribution in [0.4, 0.5) is 5.69 Å². The number of nitrogens with zero attached hydrogens (tertiary/aromatic N) is 2. The van der Waals surface area contributed by atoms with Gasteiger partial charge in [-0.3, -0.25) is 9.59 Å². The zero-order chi connectivity index (χ0) is 18.0. The van der Waals surface area contributed by atoms with Crippen LogP contribution in [0.5, 0.6) is 5.75 Å². The van der Waals surface area contributed by atoms with E-state index in [-0.39, 0.29) is 37.9 Å². The third kappa shape index (κ3) is 3.43. The summed E-state index contributed by atoms with van der Waals surface area (Å²) in [4.78, 5) is 39.2. The molecule has 2 unspecified atom stereocenters. The van der Waals surface area contributed by atoms with Crippen molar-refractivity contribution in [2.75, 3.05) is 38.3 Å². The van der Waals surface area contributed by atoms with Crippen molar-refractivity contribution in [1.82, 2.24) is 4.90 Å². The zero-order valence-electron chi connectivity index (χ0n) is 13.9. The number of hydrogen-bond acceptors (Lipinski definition) is 5. The Hall–Kier alpha value is -2.61. The molecule has 2 aliphatic heterocycles. The molecule has 2 aliphatic rings. The second-order valence-corrected chi connectivity index (χ2v) is 6.06. The molecule has 0 aromatic heterocycles. The van der Waals surface area contributed by atoms with Gasteiger partial charge >= 0.3 is 5.97 Å². The van der Waals surface area contributed by atoms with E-state index in [9.17, 15) is 14.4 Å².